The Hall–Kier alpha value is -1.88. The molecule has 1 fully saturated rings. The monoisotopic (exact) mass is 290 g/mol. The number of likely N-dealkylation sites (tertiary alicyclic amines) is 1. The normalized spacial score (nSPS) is 22.5. The Morgan fingerprint density at radius 1 is 1.29 bits per heavy atom. The van der Waals surface area contributed by atoms with Gasteiger partial charge in [-0.3, -0.25) is 4.79 Å². The van der Waals surface area contributed by atoms with E-state index in [1.54, 1.807) is 6.07 Å². The average molecular weight is 290 g/mol. The van der Waals surface area contributed by atoms with E-state index in [-0.39, 0.29) is 11.3 Å². The first kappa shape index (κ1) is 14.1. The fraction of sp³-hybridized carbons (Fsp3) is 0.500. The Bertz CT molecular complexity index is 611. The van der Waals surface area contributed by atoms with Crippen LogP contribution in [0, 0.1) is 0 Å². The Morgan fingerprint density at radius 3 is 2.57 bits per heavy atom. The topological polar surface area (TPSA) is 63.6 Å². The van der Waals surface area contributed by atoms with E-state index in [0.717, 1.165) is 30.4 Å². The van der Waals surface area contributed by atoms with Gasteiger partial charge in [0.25, 0.3) is 0 Å². The van der Waals surface area contributed by atoms with Crippen molar-refractivity contribution in [1.82, 2.24) is 0 Å². The second-order valence-corrected chi connectivity index (χ2v) is 6.78. The van der Waals surface area contributed by atoms with Crippen molar-refractivity contribution in [3.63, 3.8) is 0 Å². The van der Waals surface area contributed by atoms with Crippen LogP contribution in [0.2, 0.25) is 0 Å². The lowest BCUT2D eigenvalue weighted by atomic mass is 9.81. The molecule has 3 rings (SSSR count). The summed E-state index contributed by atoms with van der Waals surface area (Å²) < 4.78 is 7.08. The summed E-state index contributed by atoms with van der Waals surface area (Å²) in [6.45, 7) is 1.96. The maximum atomic E-state index is 12.4. The number of hydrogen-bond acceptors (Lipinski definition) is 3. The van der Waals surface area contributed by atoms with Gasteiger partial charge in [0.05, 0.1) is 44.7 Å². The number of nitrogens with zero attached hydrogens (tertiary/aromatic N) is 1. The number of carboxylic acid groups (broad SMARTS) is 1. The number of ether oxygens (including phenoxy) is 1. The van der Waals surface area contributed by atoms with Crippen LogP contribution >= 0.6 is 0 Å². The van der Waals surface area contributed by atoms with Gasteiger partial charge in [0.2, 0.25) is 0 Å². The number of aromatic carboxylic acids is 1. The molecular weight excluding hydrogens is 270 g/mol. The van der Waals surface area contributed by atoms with E-state index in [2.05, 4.69) is 14.1 Å². The van der Waals surface area contributed by atoms with E-state index < -0.39 is 11.6 Å². The van der Waals surface area contributed by atoms with E-state index in [9.17, 15) is 9.59 Å². The Kier molecular flexibility index (Phi) is 3.06. The Labute approximate surface area is 123 Å². The van der Waals surface area contributed by atoms with Crippen LogP contribution in [0.25, 0.3) is 0 Å². The molecule has 0 bridgehead atoms. The van der Waals surface area contributed by atoms with Crippen molar-refractivity contribution in [2.24, 2.45) is 0 Å². The first-order valence-electron chi connectivity index (χ1n) is 7.22. The molecule has 1 aromatic rings. The molecule has 1 saturated heterocycles. The molecule has 2 aliphatic rings. The average Bonchev–Trinajstić information content (AvgIpc) is 2.42. The van der Waals surface area contributed by atoms with E-state index in [0.29, 0.717) is 17.7 Å². The molecule has 2 heterocycles. The molecule has 5 heteroatoms. The van der Waals surface area contributed by atoms with Gasteiger partial charge in [-0.2, -0.15) is 0 Å². The van der Waals surface area contributed by atoms with Gasteiger partial charge >= 0.3 is 5.97 Å². The van der Waals surface area contributed by atoms with Gasteiger partial charge in [-0.25, -0.2) is 4.79 Å². The van der Waals surface area contributed by atoms with Crippen LogP contribution in [0.15, 0.2) is 18.2 Å². The number of hydrogen-bond donors (Lipinski definition) is 1. The number of carboxylic acids is 1. The minimum absolute atomic E-state index is 0.00782. The lowest BCUT2D eigenvalue weighted by molar-refractivity contribution is -0.897. The molecule has 5 nitrogen and oxygen atoms in total. The molecule has 0 aliphatic carbocycles. The van der Waals surface area contributed by atoms with Crippen molar-refractivity contribution in [2.45, 2.75) is 24.9 Å². The van der Waals surface area contributed by atoms with Gasteiger partial charge in [0.1, 0.15) is 11.4 Å². The summed E-state index contributed by atoms with van der Waals surface area (Å²) in [5.74, 6) is -0.502. The number of quaternary nitrogens is 1. The lowest BCUT2D eigenvalue weighted by Gasteiger charge is -2.46. The predicted molar refractivity (Wildman–Crippen MR) is 76.8 cm³/mol. The van der Waals surface area contributed by atoms with Crippen molar-refractivity contribution < 1.29 is 23.9 Å². The maximum Gasteiger partial charge on any atom is 0.335 e. The van der Waals surface area contributed by atoms with Crippen LogP contribution in [0.1, 0.15) is 40.0 Å². The van der Waals surface area contributed by atoms with Gasteiger partial charge in [0, 0.05) is 12.8 Å². The van der Waals surface area contributed by atoms with Crippen molar-refractivity contribution >= 4 is 11.8 Å². The summed E-state index contributed by atoms with van der Waals surface area (Å²) in [4.78, 5) is 23.4. The van der Waals surface area contributed by atoms with E-state index in [1.807, 2.05) is 0 Å². The standard InChI is InChI=1S/C16H19NO4/c1-17(2)7-5-16(6-8-17)10-13(18)12-9-11(15(19)20)3-4-14(12)21-16/h3-4,9H,5-8,10H2,1-2H3/p+1. The van der Waals surface area contributed by atoms with Crippen molar-refractivity contribution in [3.8, 4) is 5.75 Å². The summed E-state index contributed by atoms with van der Waals surface area (Å²) in [6.07, 6.45) is 2.06. The van der Waals surface area contributed by atoms with Crippen LogP contribution in [0.3, 0.4) is 0 Å². The highest BCUT2D eigenvalue weighted by molar-refractivity contribution is 6.02. The summed E-state index contributed by atoms with van der Waals surface area (Å²) in [7, 11) is 4.37. The zero-order valence-corrected chi connectivity index (χ0v) is 12.4. The molecule has 1 spiro atoms. The number of Topliss-reactive ketones (excluding diaryl/α,β-unsaturated/α-hetero) is 1. The Balaban J connectivity index is 1.90. The number of rotatable bonds is 1. The summed E-state index contributed by atoms with van der Waals surface area (Å²) >= 11 is 0. The zero-order valence-electron chi connectivity index (χ0n) is 12.4. The molecule has 21 heavy (non-hydrogen) atoms. The van der Waals surface area contributed by atoms with Crippen LogP contribution in [-0.2, 0) is 0 Å². The lowest BCUT2D eigenvalue weighted by Crippen LogP contribution is -2.56. The molecule has 0 saturated carbocycles. The second kappa shape index (κ2) is 4.56. The molecular formula is C16H20NO4+. The van der Waals surface area contributed by atoms with E-state index in [1.165, 1.54) is 12.1 Å². The highest BCUT2D eigenvalue weighted by atomic mass is 16.5. The number of piperidine rings is 1. The predicted octanol–water partition coefficient (Wildman–Crippen LogP) is 1.96. The number of ketones is 1. The molecule has 112 valence electrons. The minimum Gasteiger partial charge on any atom is -0.486 e. The highest BCUT2D eigenvalue weighted by Gasteiger charge is 2.45. The molecule has 2 aliphatic heterocycles. The molecule has 1 aromatic carbocycles. The van der Waals surface area contributed by atoms with Crippen LogP contribution < -0.4 is 4.74 Å². The largest absolute Gasteiger partial charge is 0.486 e. The number of carbonyl (C=O) groups is 2. The van der Waals surface area contributed by atoms with Crippen LogP contribution in [-0.4, -0.2) is 54.1 Å². The fourth-order valence-electron chi connectivity index (χ4n) is 3.16. The van der Waals surface area contributed by atoms with Gasteiger partial charge in [-0.1, -0.05) is 0 Å². The van der Waals surface area contributed by atoms with Crippen LogP contribution in [0.5, 0.6) is 5.75 Å². The van der Waals surface area contributed by atoms with Crippen molar-refractivity contribution in [1.29, 1.82) is 0 Å². The summed E-state index contributed by atoms with van der Waals surface area (Å²) in [6, 6.07) is 4.54. The molecule has 0 amide bonds. The fourth-order valence-corrected chi connectivity index (χ4v) is 3.16. The molecule has 0 unspecified atom stereocenters. The first-order chi connectivity index (χ1) is 9.80. The van der Waals surface area contributed by atoms with Crippen molar-refractivity contribution in [3.05, 3.63) is 29.3 Å². The SMILES string of the molecule is C[N+]1(C)CCC2(CC1)CC(=O)c1cc(C(=O)O)ccc1O2. The number of fused-ring (bicyclic) bond motifs is 1. The van der Waals surface area contributed by atoms with Crippen LogP contribution in [0.4, 0.5) is 0 Å². The van der Waals surface area contributed by atoms with Gasteiger partial charge in [-0.05, 0) is 18.2 Å². The molecule has 0 aromatic heterocycles. The molecule has 1 N–H and O–H groups in total. The van der Waals surface area contributed by atoms with Gasteiger partial charge in [0.15, 0.2) is 5.78 Å². The quantitative estimate of drug-likeness (QED) is 0.803. The first-order valence-corrected chi connectivity index (χ1v) is 7.22. The number of benzene rings is 1. The maximum absolute atomic E-state index is 12.4. The van der Waals surface area contributed by atoms with Gasteiger partial charge < -0.3 is 14.3 Å². The summed E-state index contributed by atoms with van der Waals surface area (Å²) in [5.41, 5.74) is 0.130. The highest BCUT2D eigenvalue weighted by Crippen LogP contribution is 2.40. The third-order valence-electron chi connectivity index (χ3n) is 4.68. The minimum atomic E-state index is -1.03. The molecule has 0 radical (unpaired) electrons. The molecule has 0 atom stereocenters. The third kappa shape index (κ3) is 2.53. The zero-order chi connectivity index (χ0) is 15.3. The number of carbonyl (C=O) groups excluding carboxylic acids is 1. The van der Waals surface area contributed by atoms with Gasteiger partial charge in [-0.15, -0.1) is 0 Å². The third-order valence-corrected chi connectivity index (χ3v) is 4.68. The van der Waals surface area contributed by atoms with E-state index >= 15 is 0 Å². The Morgan fingerprint density at radius 2 is 1.95 bits per heavy atom. The van der Waals surface area contributed by atoms with Crippen molar-refractivity contribution in [2.75, 3.05) is 27.2 Å². The van der Waals surface area contributed by atoms with E-state index in [4.69, 9.17) is 9.84 Å². The second-order valence-electron chi connectivity index (χ2n) is 6.78. The smallest absolute Gasteiger partial charge is 0.335 e. The summed E-state index contributed by atoms with van der Waals surface area (Å²) in [5, 5.41) is 9.02.